The van der Waals surface area contributed by atoms with Gasteiger partial charge in [0.2, 0.25) is 5.95 Å². The first-order valence-corrected chi connectivity index (χ1v) is 11.3. The van der Waals surface area contributed by atoms with Crippen LogP contribution in [0, 0.1) is 11.6 Å². The molecule has 8 heteroatoms. The van der Waals surface area contributed by atoms with Crippen LogP contribution in [0.3, 0.4) is 0 Å². The molecule has 0 atom stereocenters. The largest absolute Gasteiger partial charge is 0.317 e. The summed E-state index contributed by atoms with van der Waals surface area (Å²) in [6, 6.07) is 11.7. The van der Waals surface area contributed by atoms with Gasteiger partial charge in [-0.3, -0.25) is 4.90 Å². The van der Waals surface area contributed by atoms with Gasteiger partial charge in [0.05, 0.1) is 5.69 Å². The molecule has 0 bridgehead atoms. The van der Waals surface area contributed by atoms with Crippen molar-refractivity contribution >= 4 is 22.7 Å². The van der Waals surface area contributed by atoms with Crippen LogP contribution in [0.5, 0.6) is 0 Å². The maximum atomic E-state index is 15.1. The number of rotatable bonds is 5. The molecule has 0 spiro atoms. The van der Waals surface area contributed by atoms with Crippen LogP contribution in [0.4, 0.5) is 20.5 Å². The predicted octanol–water partition coefficient (Wildman–Crippen LogP) is 5.03. The summed E-state index contributed by atoms with van der Waals surface area (Å²) in [7, 11) is 1.86. The molecule has 1 N–H and O–H groups in total. The normalized spacial score (nSPS) is 14.7. The second-order valence-corrected chi connectivity index (χ2v) is 8.37. The molecule has 170 valence electrons. The molecular weight excluding hydrogens is 422 g/mol. The van der Waals surface area contributed by atoms with Crippen LogP contribution in [0.25, 0.3) is 22.2 Å². The van der Waals surface area contributed by atoms with Gasteiger partial charge in [-0.05, 0) is 86.8 Å². The molecular formula is C25H26F2N6. The summed E-state index contributed by atoms with van der Waals surface area (Å²) in [5.41, 5.74) is 2.83. The zero-order valence-corrected chi connectivity index (χ0v) is 18.7. The van der Waals surface area contributed by atoms with Gasteiger partial charge in [-0.1, -0.05) is 0 Å². The fraction of sp³-hybridized carbons (Fsp3) is 0.320. The Morgan fingerprint density at radius 1 is 1.09 bits per heavy atom. The Balaban J connectivity index is 1.59. The average Bonchev–Trinajstić information content (AvgIpc) is 3.24. The Hall–Kier alpha value is -3.39. The van der Waals surface area contributed by atoms with Crippen LogP contribution in [0.2, 0.25) is 0 Å². The van der Waals surface area contributed by atoms with Crippen molar-refractivity contribution in [2.45, 2.75) is 32.2 Å². The number of hydrogen-bond donors (Lipinski definition) is 1. The van der Waals surface area contributed by atoms with Crippen LogP contribution < -0.4 is 10.2 Å². The van der Waals surface area contributed by atoms with Gasteiger partial charge in [0.25, 0.3) is 0 Å². The Kier molecular flexibility index (Phi) is 5.76. The van der Waals surface area contributed by atoms with E-state index in [1.807, 2.05) is 18.9 Å². The molecule has 0 unspecified atom stereocenters. The van der Waals surface area contributed by atoms with Crippen molar-refractivity contribution in [2.24, 2.45) is 0 Å². The molecule has 4 aromatic rings. The molecule has 0 radical (unpaired) electrons. The predicted molar refractivity (Wildman–Crippen MR) is 126 cm³/mol. The van der Waals surface area contributed by atoms with Crippen molar-refractivity contribution in [3.63, 3.8) is 0 Å². The lowest BCUT2D eigenvalue weighted by atomic mass is 9.89. The van der Waals surface area contributed by atoms with Crippen LogP contribution in [-0.2, 0) is 6.54 Å². The number of nitrogens with zero attached hydrogens (tertiary/aromatic N) is 5. The minimum Gasteiger partial charge on any atom is -0.317 e. The highest BCUT2D eigenvalue weighted by molar-refractivity contribution is 5.93. The SMILES string of the molecule is CCn1nc2c(F)cc(C3CCNCC3)cc2c1N(C)c1nccc(-c2ccc(F)cc2)n1. The Labute approximate surface area is 191 Å². The van der Waals surface area contributed by atoms with E-state index in [0.29, 0.717) is 29.6 Å². The van der Waals surface area contributed by atoms with Crippen molar-refractivity contribution in [1.82, 2.24) is 25.1 Å². The molecule has 6 nitrogen and oxygen atoms in total. The molecule has 1 aliphatic heterocycles. The number of hydrogen-bond acceptors (Lipinski definition) is 5. The number of piperidine rings is 1. The van der Waals surface area contributed by atoms with E-state index < -0.39 is 0 Å². The molecule has 3 heterocycles. The average molecular weight is 449 g/mol. The van der Waals surface area contributed by atoms with Gasteiger partial charge in [0.1, 0.15) is 17.2 Å². The molecule has 0 amide bonds. The van der Waals surface area contributed by atoms with Gasteiger partial charge in [0.15, 0.2) is 5.82 Å². The Morgan fingerprint density at radius 3 is 2.58 bits per heavy atom. The first-order valence-electron chi connectivity index (χ1n) is 11.3. The van der Waals surface area contributed by atoms with E-state index in [1.165, 1.54) is 12.1 Å². The molecule has 5 rings (SSSR count). The molecule has 2 aromatic heterocycles. The van der Waals surface area contributed by atoms with Crippen molar-refractivity contribution in [3.05, 3.63) is 65.9 Å². The number of aryl methyl sites for hydroxylation is 1. The molecule has 2 aromatic carbocycles. The van der Waals surface area contributed by atoms with E-state index in [4.69, 9.17) is 4.98 Å². The lowest BCUT2D eigenvalue weighted by Crippen LogP contribution is -2.26. The van der Waals surface area contributed by atoms with E-state index >= 15 is 4.39 Å². The molecule has 33 heavy (non-hydrogen) atoms. The summed E-state index contributed by atoms with van der Waals surface area (Å²) in [6.45, 7) is 4.43. The second kappa shape index (κ2) is 8.86. The smallest absolute Gasteiger partial charge is 0.231 e. The van der Waals surface area contributed by atoms with E-state index in [9.17, 15) is 4.39 Å². The van der Waals surface area contributed by atoms with Crippen molar-refractivity contribution < 1.29 is 8.78 Å². The number of benzene rings is 2. The summed E-state index contributed by atoms with van der Waals surface area (Å²) >= 11 is 0. The fourth-order valence-corrected chi connectivity index (χ4v) is 4.55. The van der Waals surface area contributed by atoms with Gasteiger partial charge in [-0.25, -0.2) is 23.4 Å². The topological polar surface area (TPSA) is 58.9 Å². The summed E-state index contributed by atoms with van der Waals surface area (Å²) in [5, 5.41) is 8.66. The minimum absolute atomic E-state index is 0.296. The van der Waals surface area contributed by atoms with Crippen LogP contribution in [0.1, 0.15) is 31.2 Å². The van der Waals surface area contributed by atoms with Gasteiger partial charge < -0.3 is 5.32 Å². The number of fused-ring (bicyclic) bond motifs is 1. The zero-order valence-electron chi connectivity index (χ0n) is 18.7. The maximum absolute atomic E-state index is 15.1. The maximum Gasteiger partial charge on any atom is 0.231 e. The van der Waals surface area contributed by atoms with Crippen molar-refractivity contribution in [2.75, 3.05) is 25.0 Å². The number of anilines is 2. The molecule has 1 aliphatic rings. The van der Waals surface area contributed by atoms with E-state index in [-0.39, 0.29) is 11.6 Å². The van der Waals surface area contributed by atoms with Crippen molar-refractivity contribution in [1.29, 1.82) is 0 Å². The van der Waals surface area contributed by atoms with Gasteiger partial charge >= 0.3 is 0 Å². The fourth-order valence-electron chi connectivity index (χ4n) is 4.55. The third-order valence-corrected chi connectivity index (χ3v) is 6.30. The lowest BCUT2D eigenvalue weighted by molar-refractivity contribution is 0.459. The lowest BCUT2D eigenvalue weighted by Gasteiger charge is -2.23. The van der Waals surface area contributed by atoms with E-state index in [1.54, 1.807) is 35.1 Å². The molecule has 0 aliphatic carbocycles. The molecule has 0 saturated carbocycles. The number of aromatic nitrogens is 4. The quantitative estimate of drug-likeness (QED) is 0.464. The molecule has 1 saturated heterocycles. The van der Waals surface area contributed by atoms with Crippen molar-refractivity contribution in [3.8, 4) is 11.3 Å². The van der Waals surface area contributed by atoms with E-state index in [2.05, 4.69) is 21.5 Å². The van der Waals surface area contributed by atoms with E-state index in [0.717, 1.165) is 48.3 Å². The second-order valence-electron chi connectivity index (χ2n) is 8.37. The first kappa shape index (κ1) is 21.5. The monoisotopic (exact) mass is 448 g/mol. The first-order chi connectivity index (χ1) is 16.0. The summed E-state index contributed by atoms with van der Waals surface area (Å²) < 4.78 is 30.3. The van der Waals surface area contributed by atoms with Crippen LogP contribution >= 0.6 is 0 Å². The van der Waals surface area contributed by atoms with Gasteiger partial charge in [0, 0.05) is 30.7 Å². The summed E-state index contributed by atoms with van der Waals surface area (Å²) in [6.07, 6.45) is 3.65. The highest BCUT2D eigenvalue weighted by Crippen LogP contribution is 2.36. The number of nitrogens with one attached hydrogen (secondary N) is 1. The zero-order chi connectivity index (χ0) is 22.9. The highest BCUT2D eigenvalue weighted by atomic mass is 19.1. The Morgan fingerprint density at radius 2 is 1.85 bits per heavy atom. The third-order valence-electron chi connectivity index (χ3n) is 6.30. The van der Waals surface area contributed by atoms with Gasteiger partial charge in [-0.15, -0.1) is 0 Å². The third kappa shape index (κ3) is 4.06. The Bertz CT molecular complexity index is 1280. The summed E-state index contributed by atoms with van der Waals surface area (Å²) in [4.78, 5) is 11.0. The van der Waals surface area contributed by atoms with Crippen LogP contribution in [0.15, 0.2) is 48.7 Å². The number of halogens is 2. The summed E-state index contributed by atoms with van der Waals surface area (Å²) in [5.74, 6) is 0.935. The molecule has 1 fully saturated rings. The highest BCUT2D eigenvalue weighted by Gasteiger charge is 2.23. The van der Waals surface area contributed by atoms with Gasteiger partial charge in [-0.2, -0.15) is 5.10 Å². The standard InChI is InChI=1S/C25H26F2N6/c1-3-33-24(20-14-18(15-21(27)23(20)31-33)16-8-11-28-12-9-16)32(2)25-29-13-10-22(30-25)17-4-6-19(26)7-5-17/h4-7,10,13-16,28H,3,8-9,11-12H2,1-2H3. The minimum atomic E-state index is -0.302. The van der Waals surface area contributed by atoms with Crippen LogP contribution in [-0.4, -0.2) is 39.9 Å².